The predicted octanol–water partition coefficient (Wildman–Crippen LogP) is 2.52. The van der Waals surface area contributed by atoms with E-state index in [2.05, 4.69) is 34.5 Å². The molecule has 148 valence electrons. The lowest BCUT2D eigenvalue weighted by atomic mass is 9.95. The number of hydrogen-bond acceptors (Lipinski definition) is 5. The molecule has 27 heavy (non-hydrogen) atoms. The van der Waals surface area contributed by atoms with Gasteiger partial charge < -0.3 is 10.2 Å². The molecular formula is C17H23F3N6O. The van der Waals surface area contributed by atoms with Crippen molar-refractivity contribution in [2.24, 2.45) is 11.8 Å². The zero-order valence-electron chi connectivity index (χ0n) is 15.5. The Morgan fingerprint density at radius 2 is 1.85 bits per heavy atom. The molecule has 0 aromatic carbocycles. The van der Waals surface area contributed by atoms with Gasteiger partial charge in [0.25, 0.3) is 5.82 Å². The molecule has 0 bridgehead atoms. The van der Waals surface area contributed by atoms with E-state index in [1.165, 1.54) is 6.07 Å². The van der Waals surface area contributed by atoms with Crippen molar-refractivity contribution >= 4 is 17.4 Å². The SMILES string of the molecule is CC(C)C(C)NC(=O)C1CCN(c2ccc3nnc(C(F)(F)F)n3n2)CC1. The minimum absolute atomic E-state index is 0.0393. The number of carbonyl (C=O) groups excluding carboxylic acids is 1. The summed E-state index contributed by atoms with van der Waals surface area (Å²) in [6, 6.07) is 3.20. The maximum absolute atomic E-state index is 13.0. The van der Waals surface area contributed by atoms with Gasteiger partial charge in [0.2, 0.25) is 5.91 Å². The first kappa shape index (κ1) is 19.4. The van der Waals surface area contributed by atoms with Crippen LogP contribution in [0.5, 0.6) is 0 Å². The average Bonchev–Trinajstić information content (AvgIpc) is 3.05. The summed E-state index contributed by atoms with van der Waals surface area (Å²) in [5, 5.41) is 13.8. The first-order chi connectivity index (χ1) is 12.7. The van der Waals surface area contributed by atoms with Gasteiger partial charge in [-0.2, -0.15) is 17.7 Å². The molecule has 1 fully saturated rings. The average molecular weight is 384 g/mol. The third-order valence-electron chi connectivity index (χ3n) is 5.06. The molecule has 1 aliphatic heterocycles. The van der Waals surface area contributed by atoms with Crippen LogP contribution in [-0.4, -0.2) is 44.8 Å². The quantitative estimate of drug-likeness (QED) is 0.877. The summed E-state index contributed by atoms with van der Waals surface area (Å²) < 4.78 is 39.7. The van der Waals surface area contributed by atoms with Crippen molar-refractivity contribution in [3.05, 3.63) is 18.0 Å². The van der Waals surface area contributed by atoms with Gasteiger partial charge in [0.05, 0.1) is 0 Å². The molecule has 0 spiro atoms. The Bertz CT molecular complexity index is 811. The smallest absolute Gasteiger partial charge is 0.355 e. The van der Waals surface area contributed by atoms with Crippen LogP contribution in [0.2, 0.25) is 0 Å². The summed E-state index contributed by atoms with van der Waals surface area (Å²) in [5.74, 6) is -0.417. The van der Waals surface area contributed by atoms with Crippen LogP contribution in [-0.2, 0) is 11.0 Å². The minimum atomic E-state index is -4.62. The lowest BCUT2D eigenvalue weighted by molar-refractivity contribution is -0.146. The third-order valence-corrected chi connectivity index (χ3v) is 5.06. The van der Waals surface area contributed by atoms with Crippen molar-refractivity contribution < 1.29 is 18.0 Å². The predicted molar refractivity (Wildman–Crippen MR) is 93.2 cm³/mol. The van der Waals surface area contributed by atoms with Crippen molar-refractivity contribution in [2.75, 3.05) is 18.0 Å². The maximum atomic E-state index is 13.0. The topological polar surface area (TPSA) is 75.4 Å². The van der Waals surface area contributed by atoms with E-state index in [-0.39, 0.29) is 23.5 Å². The van der Waals surface area contributed by atoms with Crippen molar-refractivity contribution in [2.45, 2.75) is 45.8 Å². The van der Waals surface area contributed by atoms with Gasteiger partial charge in [-0.05, 0) is 37.8 Å². The van der Waals surface area contributed by atoms with Gasteiger partial charge in [-0.25, -0.2) is 0 Å². The summed E-state index contributed by atoms with van der Waals surface area (Å²) in [4.78, 5) is 14.2. The number of nitrogens with zero attached hydrogens (tertiary/aromatic N) is 5. The lowest BCUT2D eigenvalue weighted by Gasteiger charge is -2.32. The molecule has 1 amide bonds. The number of fused-ring (bicyclic) bond motifs is 1. The first-order valence-corrected chi connectivity index (χ1v) is 9.02. The van der Waals surface area contributed by atoms with E-state index < -0.39 is 12.0 Å². The van der Waals surface area contributed by atoms with E-state index in [0.29, 0.717) is 37.7 Å². The molecule has 1 atom stereocenters. The van der Waals surface area contributed by atoms with Crippen LogP contribution in [0.25, 0.3) is 5.65 Å². The Labute approximate surface area is 154 Å². The lowest BCUT2D eigenvalue weighted by Crippen LogP contribution is -2.44. The molecule has 2 aromatic rings. The van der Waals surface area contributed by atoms with Crippen LogP contribution >= 0.6 is 0 Å². The standard InChI is InChI=1S/C17H23F3N6O/c1-10(2)11(3)21-15(27)12-6-8-25(9-7-12)14-5-4-13-22-23-16(17(18,19)20)26(13)24-14/h4-5,10-12H,6-9H2,1-3H3,(H,21,27). The highest BCUT2D eigenvalue weighted by Gasteiger charge is 2.38. The monoisotopic (exact) mass is 384 g/mol. The van der Waals surface area contributed by atoms with Gasteiger partial charge in [0, 0.05) is 25.0 Å². The highest BCUT2D eigenvalue weighted by atomic mass is 19.4. The Morgan fingerprint density at radius 3 is 2.44 bits per heavy atom. The molecule has 7 nitrogen and oxygen atoms in total. The number of nitrogens with one attached hydrogen (secondary N) is 1. The maximum Gasteiger partial charge on any atom is 0.453 e. The van der Waals surface area contributed by atoms with Crippen molar-refractivity contribution in [1.82, 2.24) is 25.1 Å². The third kappa shape index (κ3) is 4.14. The number of anilines is 1. The molecule has 0 radical (unpaired) electrons. The number of aromatic nitrogens is 4. The molecule has 1 N–H and O–H groups in total. The number of amides is 1. The van der Waals surface area contributed by atoms with Crippen LogP contribution < -0.4 is 10.2 Å². The number of rotatable bonds is 4. The van der Waals surface area contributed by atoms with Crippen molar-refractivity contribution in [3.63, 3.8) is 0 Å². The number of alkyl halides is 3. The van der Waals surface area contributed by atoms with E-state index >= 15 is 0 Å². The van der Waals surface area contributed by atoms with Gasteiger partial charge in [0.1, 0.15) is 5.82 Å². The summed E-state index contributed by atoms with van der Waals surface area (Å²) in [5.41, 5.74) is 0.0445. The summed E-state index contributed by atoms with van der Waals surface area (Å²) in [6.07, 6.45) is -3.36. The molecule has 1 unspecified atom stereocenters. The largest absolute Gasteiger partial charge is 0.453 e. The van der Waals surface area contributed by atoms with Crippen LogP contribution in [0, 0.1) is 11.8 Å². The fourth-order valence-electron chi connectivity index (χ4n) is 3.00. The van der Waals surface area contributed by atoms with Gasteiger partial charge in [-0.15, -0.1) is 15.3 Å². The number of hydrogen-bond donors (Lipinski definition) is 1. The zero-order valence-corrected chi connectivity index (χ0v) is 15.5. The second-order valence-electron chi connectivity index (χ2n) is 7.29. The highest BCUT2D eigenvalue weighted by Crippen LogP contribution is 2.28. The summed E-state index contributed by atoms with van der Waals surface area (Å²) in [7, 11) is 0. The summed E-state index contributed by atoms with van der Waals surface area (Å²) in [6.45, 7) is 7.19. The highest BCUT2D eigenvalue weighted by molar-refractivity contribution is 5.79. The van der Waals surface area contributed by atoms with E-state index in [9.17, 15) is 18.0 Å². The van der Waals surface area contributed by atoms with Gasteiger partial charge >= 0.3 is 6.18 Å². The van der Waals surface area contributed by atoms with Crippen LogP contribution in [0.3, 0.4) is 0 Å². The number of piperidine rings is 1. The summed E-state index contributed by atoms with van der Waals surface area (Å²) >= 11 is 0. The van der Waals surface area contributed by atoms with E-state index in [1.807, 2.05) is 11.8 Å². The number of halogens is 3. The van der Waals surface area contributed by atoms with E-state index in [4.69, 9.17) is 0 Å². The Kier molecular flexibility index (Phi) is 5.25. The fraction of sp³-hybridized carbons (Fsp3) is 0.647. The zero-order chi connectivity index (χ0) is 19.8. The first-order valence-electron chi connectivity index (χ1n) is 9.02. The van der Waals surface area contributed by atoms with E-state index in [1.54, 1.807) is 6.07 Å². The molecule has 2 aromatic heterocycles. The molecule has 1 saturated heterocycles. The molecule has 3 rings (SSSR count). The molecule has 3 heterocycles. The molecule has 1 aliphatic rings. The van der Waals surface area contributed by atoms with Gasteiger partial charge in [0.15, 0.2) is 5.65 Å². The normalized spacial score (nSPS) is 17.5. The Hall–Kier alpha value is -2.39. The van der Waals surface area contributed by atoms with Crippen LogP contribution in [0.4, 0.5) is 19.0 Å². The van der Waals surface area contributed by atoms with Crippen LogP contribution in [0.15, 0.2) is 12.1 Å². The fourth-order valence-corrected chi connectivity index (χ4v) is 3.00. The van der Waals surface area contributed by atoms with Crippen molar-refractivity contribution in [1.29, 1.82) is 0 Å². The Balaban J connectivity index is 1.68. The second-order valence-corrected chi connectivity index (χ2v) is 7.29. The molecule has 0 aliphatic carbocycles. The van der Waals surface area contributed by atoms with Crippen molar-refractivity contribution in [3.8, 4) is 0 Å². The van der Waals surface area contributed by atoms with E-state index in [0.717, 1.165) is 4.52 Å². The van der Waals surface area contributed by atoms with Gasteiger partial charge in [-0.3, -0.25) is 4.79 Å². The molecule has 0 saturated carbocycles. The number of carbonyl (C=O) groups is 1. The molecule has 10 heteroatoms. The van der Waals surface area contributed by atoms with Crippen LogP contribution in [0.1, 0.15) is 39.4 Å². The second kappa shape index (κ2) is 7.32. The van der Waals surface area contributed by atoms with Gasteiger partial charge in [-0.1, -0.05) is 13.8 Å². The minimum Gasteiger partial charge on any atom is -0.355 e. The molecular weight excluding hydrogens is 361 g/mol. The Morgan fingerprint density at radius 1 is 1.19 bits per heavy atom.